The zero-order chi connectivity index (χ0) is 20.4. The van der Waals surface area contributed by atoms with Crippen molar-refractivity contribution in [3.05, 3.63) is 59.4 Å². The van der Waals surface area contributed by atoms with E-state index in [-0.39, 0.29) is 30.2 Å². The minimum atomic E-state index is -0.430. The topological polar surface area (TPSA) is 70.7 Å². The number of amides is 2. The Hall–Kier alpha value is -3.09. The number of hydrogen-bond donors (Lipinski definition) is 2. The van der Waals surface area contributed by atoms with Gasteiger partial charge in [0.05, 0.1) is 18.8 Å². The Morgan fingerprint density at radius 3 is 2.79 bits per heavy atom. The normalized spacial score (nSPS) is 17.9. The van der Waals surface area contributed by atoms with E-state index in [2.05, 4.69) is 10.6 Å². The molecule has 1 saturated carbocycles. The number of rotatable bonds is 6. The number of ether oxygens (including phenoxy) is 1. The number of anilines is 1. The third-order valence-corrected chi connectivity index (χ3v) is 5.01. The number of fused-ring (bicyclic) bond motifs is 1. The molecule has 1 heterocycles. The maximum absolute atomic E-state index is 14.0. The van der Waals surface area contributed by atoms with E-state index in [1.807, 2.05) is 24.0 Å². The monoisotopic (exact) mass is 397 g/mol. The second-order valence-corrected chi connectivity index (χ2v) is 7.62. The summed E-state index contributed by atoms with van der Waals surface area (Å²) in [6, 6.07) is 12.2. The third kappa shape index (κ3) is 4.67. The van der Waals surface area contributed by atoms with Gasteiger partial charge in [0, 0.05) is 18.2 Å². The highest BCUT2D eigenvalue weighted by Crippen LogP contribution is 2.35. The highest BCUT2D eigenvalue weighted by atomic mass is 19.1. The van der Waals surface area contributed by atoms with Crippen molar-refractivity contribution in [2.24, 2.45) is 0 Å². The molecular formula is C22H24FN3O3. The lowest BCUT2D eigenvalue weighted by atomic mass is 10.1. The quantitative estimate of drug-likeness (QED) is 0.786. The SMILES string of the molecule is CC1CN(CC(=O)NCc2cccc(C(=O)NC3CC3)c2)c2cccc(F)c2O1. The maximum atomic E-state index is 14.0. The second kappa shape index (κ2) is 8.11. The van der Waals surface area contributed by atoms with Gasteiger partial charge in [0.25, 0.3) is 5.91 Å². The summed E-state index contributed by atoms with van der Waals surface area (Å²) in [4.78, 5) is 26.5. The summed E-state index contributed by atoms with van der Waals surface area (Å²) in [7, 11) is 0. The molecule has 2 aromatic carbocycles. The molecule has 1 atom stereocenters. The molecule has 29 heavy (non-hydrogen) atoms. The molecule has 1 fully saturated rings. The molecule has 1 aliphatic heterocycles. The van der Waals surface area contributed by atoms with Crippen LogP contribution in [-0.2, 0) is 11.3 Å². The molecular weight excluding hydrogens is 373 g/mol. The van der Waals surface area contributed by atoms with E-state index < -0.39 is 5.82 Å². The molecule has 0 saturated heterocycles. The minimum Gasteiger partial charge on any atom is -0.484 e. The van der Waals surface area contributed by atoms with Crippen LogP contribution in [0.5, 0.6) is 5.75 Å². The highest BCUT2D eigenvalue weighted by Gasteiger charge is 2.27. The third-order valence-electron chi connectivity index (χ3n) is 5.01. The second-order valence-electron chi connectivity index (χ2n) is 7.62. The number of halogens is 1. The fraction of sp³-hybridized carbons (Fsp3) is 0.364. The molecule has 4 rings (SSSR count). The number of carbonyl (C=O) groups excluding carboxylic acids is 2. The molecule has 2 amide bonds. The summed E-state index contributed by atoms with van der Waals surface area (Å²) in [5.41, 5.74) is 2.02. The van der Waals surface area contributed by atoms with Crippen LogP contribution < -0.4 is 20.3 Å². The van der Waals surface area contributed by atoms with Gasteiger partial charge in [0.15, 0.2) is 11.6 Å². The average molecular weight is 397 g/mol. The van der Waals surface area contributed by atoms with Gasteiger partial charge in [-0.25, -0.2) is 4.39 Å². The molecule has 1 aliphatic carbocycles. The Balaban J connectivity index is 1.36. The van der Waals surface area contributed by atoms with Gasteiger partial charge in [-0.15, -0.1) is 0 Å². The van der Waals surface area contributed by atoms with Crippen molar-refractivity contribution in [2.75, 3.05) is 18.0 Å². The van der Waals surface area contributed by atoms with Crippen LogP contribution in [0.4, 0.5) is 10.1 Å². The number of nitrogens with one attached hydrogen (secondary N) is 2. The van der Waals surface area contributed by atoms with Crippen molar-refractivity contribution in [1.82, 2.24) is 10.6 Å². The number of para-hydroxylation sites is 1. The lowest BCUT2D eigenvalue weighted by Gasteiger charge is -2.34. The van der Waals surface area contributed by atoms with Crippen molar-refractivity contribution in [2.45, 2.75) is 38.5 Å². The van der Waals surface area contributed by atoms with Crippen LogP contribution in [-0.4, -0.2) is 37.0 Å². The smallest absolute Gasteiger partial charge is 0.251 e. The van der Waals surface area contributed by atoms with Crippen LogP contribution in [0.2, 0.25) is 0 Å². The van der Waals surface area contributed by atoms with Crippen LogP contribution in [0.1, 0.15) is 35.7 Å². The number of benzene rings is 2. The highest BCUT2D eigenvalue weighted by molar-refractivity contribution is 5.94. The Morgan fingerprint density at radius 2 is 2.00 bits per heavy atom. The van der Waals surface area contributed by atoms with Crippen LogP contribution in [0, 0.1) is 5.82 Å². The van der Waals surface area contributed by atoms with Crippen molar-refractivity contribution < 1.29 is 18.7 Å². The van der Waals surface area contributed by atoms with Gasteiger partial charge in [-0.3, -0.25) is 9.59 Å². The first-order chi connectivity index (χ1) is 14.0. The molecule has 0 bridgehead atoms. The molecule has 0 radical (unpaired) electrons. The summed E-state index contributed by atoms with van der Waals surface area (Å²) in [5.74, 6) is -0.502. The van der Waals surface area contributed by atoms with Crippen LogP contribution in [0.15, 0.2) is 42.5 Å². The van der Waals surface area contributed by atoms with Crippen molar-refractivity contribution >= 4 is 17.5 Å². The molecule has 2 aliphatic rings. The van der Waals surface area contributed by atoms with Gasteiger partial charge < -0.3 is 20.3 Å². The van der Waals surface area contributed by atoms with Crippen LogP contribution in [0.25, 0.3) is 0 Å². The van der Waals surface area contributed by atoms with Gasteiger partial charge in [-0.05, 0) is 49.6 Å². The lowest BCUT2D eigenvalue weighted by Crippen LogP contribution is -2.44. The molecule has 2 aromatic rings. The first-order valence-electron chi connectivity index (χ1n) is 9.86. The Morgan fingerprint density at radius 1 is 1.21 bits per heavy atom. The molecule has 7 heteroatoms. The predicted octanol–water partition coefficient (Wildman–Crippen LogP) is 2.62. The van der Waals surface area contributed by atoms with Gasteiger partial charge in [-0.1, -0.05) is 18.2 Å². The summed E-state index contributed by atoms with van der Waals surface area (Å²) in [6.45, 7) is 2.77. The predicted molar refractivity (Wildman–Crippen MR) is 107 cm³/mol. The van der Waals surface area contributed by atoms with Gasteiger partial charge in [0.2, 0.25) is 5.91 Å². The molecule has 0 spiro atoms. The van der Waals surface area contributed by atoms with Crippen molar-refractivity contribution in [3.63, 3.8) is 0 Å². The van der Waals surface area contributed by atoms with Gasteiger partial charge in [-0.2, -0.15) is 0 Å². The van der Waals surface area contributed by atoms with Crippen LogP contribution >= 0.6 is 0 Å². The summed E-state index contributed by atoms with van der Waals surface area (Å²) < 4.78 is 19.6. The van der Waals surface area contributed by atoms with Crippen molar-refractivity contribution in [1.29, 1.82) is 0 Å². The Kier molecular flexibility index (Phi) is 5.38. The summed E-state index contributed by atoms with van der Waals surface area (Å²) in [5, 5.41) is 5.84. The fourth-order valence-corrected chi connectivity index (χ4v) is 3.41. The fourth-order valence-electron chi connectivity index (χ4n) is 3.41. The molecule has 2 N–H and O–H groups in total. The number of carbonyl (C=O) groups is 2. The molecule has 1 unspecified atom stereocenters. The first kappa shape index (κ1) is 19.2. The van der Waals surface area contributed by atoms with E-state index in [4.69, 9.17) is 4.74 Å². The molecule has 6 nitrogen and oxygen atoms in total. The van der Waals surface area contributed by atoms with Crippen molar-refractivity contribution in [3.8, 4) is 5.75 Å². The van der Waals surface area contributed by atoms with Crippen LogP contribution in [0.3, 0.4) is 0 Å². The van der Waals surface area contributed by atoms with E-state index in [1.165, 1.54) is 6.07 Å². The van der Waals surface area contributed by atoms with E-state index in [0.29, 0.717) is 30.4 Å². The number of hydrogen-bond acceptors (Lipinski definition) is 4. The Bertz CT molecular complexity index is 929. The lowest BCUT2D eigenvalue weighted by molar-refractivity contribution is -0.120. The molecule has 0 aromatic heterocycles. The first-order valence-corrected chi connectivity index (χ1v) is 9.86. The minimum absolute atomic E-state index is 0.0818. The largest absolute Gasteiger partial charge is 0.484 e. The maximum Gasteiger partial charge on any atom is 0.251 e. The zero-order valence-corrected chi connectivity index (χ0v) is 16.3. The Labute approximate surface area is 169 Å². The summed E-state index contributed by atoms with van der Waals surface area (Å²) in [6.07, 6.45) is 1.86. The van der Waals surface area contributed by atoms with E-state index in [0.717, 1.165) is 18.4 Å². The zero-order valence-electron chi connectivity index (χ0n) is 16.3. The average Bonchev–Trinajstić information content (AvgIpc) is 3.51. The van der Waals surface area contributed by atoms with Gasteiger partial charge >= 0.3 is 0 Å². The van der Waals surface area contributed by atoms with Gasteiger partial charge in [0.1, 0.15) is 6.10 Å². The van der Waals surface area contributed by atoms with E-state index in [1.54, 1.807) is 24.3 Å². The standard InChI is InChI=1S/C22H24FN3O3/c1-14-12-26(19-7-3-6-18(23)21(19)29-14)13-20(27)24-11-15-4-2-5-16(10-15)22(28)25-17-8-9-17/h2-7,10,14,17H,8-9,11-13H2,1H3,(H,24,27)(H,25,28). The van der Waals surface area contributed by atoms with E-state index in [9.17, 15) is 14.0 Å². The number of nitrogens with zero attached hydrogens (tertiary/aromatic N) is 1. The summed E-state index contributed by atoms with van der Waals surface area (Å²) >= 11 is 0. The molecule has 152 valence electrons. The van der Waals surface area contributed by atoms with E-state index >= 15 is 0 Å².